The number of carbonyl (C=O) groups is 1. The zero-order valence-corrected chi connectivity index (χ0v) is 34.0. The van der Waals surface area contributed by atoms with Crippen molar-refractivity contribution >= 4 is 14.3 Å². The molecule has 2 heterocycles. The lowest BCUT2D eigenvalue weighted by Gasteiger charge is -2.49. The average molecular weight is 793 g/mol. The van der Waals surface area contributed by atoms with Gasteiger partial charge in [-0.1, -0.05) is 72.8 Å². The first kappa shape index (κ1) is 43.4. The molecule has 12 nitrogen and oxygen atoms in total. The SMILES string of the molecule is C=CCO[C@H]1[C@@H](OC(=O)c2ccccc2)[C@H](O[C@@H]2O[C@H](COC)[C@@H](OCc3ccc(OC)cc3)[C@H](OCc3ccccc3)[C@@H]2O[Si](C)(C)C)OC[C@@H]1OCC=C. The fraction of sp³-hybridized carbons (Fsp3) is 0.465. The van der Waals surface area contributed by atoms with Gasteiger partial charge in [0.15, 0.2) is 20.7 Å². The summed E-state index contributed by atoms with van der Waals surface area (Å²) >= 11 is 0. The molecule has 0 amide bonds. The zero-order chi connectivity index (χ0) is 39.9. The molecule has 9 atom stereocenters. The Kier molecular flexibility index (Phi) is 16.8. The van der Waals surface area contributed by atoms with E-state index in [0.717, 1.165) is 16.9 Å². The van der Waals surface area contributed by atoms with Crippen molar-refractivity contribution in [3.8, 4) is 5.75 Å². The van der Waals surface area contributed by atoms with Crippen molar-refractivity contribution in [3.63, 3.8) is 0 Å². The molecule has 0 spiro atoms. The lowest BCUT2D eigenvalue weighted by atomic mass is 9.98. The van der Waals surface area contributed by atoms with Gasteiger partial charge in [0.1, 0.15) is 42.4 Å². The maximum Gasteiger partial charge on any atom is 0.338 e. The minimum absolute atomic E-state index is 0.0645. The number of rotatable bonds is 21. The van der Waals surface area contributed by atoms with E-state index in [1.165, 1.54) is 0 Å². The van der Waals surface area contributed by atoms with Crippen molar-refractivity contribution in [2.24, 2.45) is 0 Å². The second kappa shape index (κ2) is 21.7. The van der Waals surface area contributed by atoms with Crippen LogP contribution in [-0.2, 0) is 60.3 Å². The minimum atomic E-state index is -2.35. The first-order chi connectivity index (χ1) is 27.1. The summed E-state index contributed by atoms with van der Waals surface area (Å²) in [5, 5.41) is 0. The molecule has 0 bridgehead atoms. The van der Waals surface area contributed by atoms with Crippen LogP contribution in [0.5, 0.6) is 5.75 Å². The lowest BCUT2D eigenvalue weighted by molar-refractivity contribution is -0.371. The van der Waals surface area contributed by atoms with Crippen LogP contribution in [0.25, 0.3) is 0 Å². The molecule has 2 fully saturated rings. The molecule has 0 N–H and O–H groups in total. The van der Waals surface area contributed by atoms with Gasteiger partial charge in [-0.3, -0.25) is 0 Å². The quantitative estimate of drug-likeness (QED) is 0.0666. The highest BCUT2D eigenvalue weighted by atomic mass is 28.4. The van der Waals surface area contributed by atoms with Gasteiger partial charge in [0, 0.05) is 7.11 Å². The maximum absolute atomic E-state index is 13.6. The number of hydrogen-bond acceptors (Lipinski definition) is 12. The Hall–Kier alpha value is -3.73. The van der Waals surface area contributed by atoms with Crippen molar-refractivity contribution in [2.75, 3.05) is 40.6 Å². The molecule has 13 heteroatoms. The standard InChI is InChI=1S/C43H56O12Si/c1-8-24-47-34-29-51-42(39(36(34)48-25-9-2)53-41(44)32-18-14-11-15-19-32)54-43-40(55-56(5,6)7)38(50-26-30-16-12-10-13-17-30)37(35(52-43)28-45-3)49-27-31-20-22-33(46-4)23-21-31/h8-23,34-40,42-43H,1-2,24-29H2,3-7H3/t34-,35+,36+,37+,38-,39+,40-,42-,43-/m0/s1. The third-order valence-corrected chi connectivity index (χ3v) is 10.0. The summed E-state index contributed by atoms with van der Waals surface area (Å²) in [6, 6.07) is 26.2. The van der Waals surface area contributed by atoms with E-state index in [4.69, 9.17) is 51.8 Å². The van der Waals surface area contributed by atoms with Gasteiger partial charge >= 0.3 is 5.97 Å². The van der Waals surface area contributed by atoms with Gasteiger partial charge in [-0.15, -0.1) is 13.2 Å². The van der Waals surface area contributed by atoms with Crippen LogP contribution in [0.15, 0.2) is 110 Å². The molecule has 3 aromatic rings. The highest BCUT2D eigenvalue weighted by Gasteiger charge is 2.53. The Balaban J connectivity index is 1.50. The molecule has 2 aliphatic heterocycles. The van der Waals surface area contributed by atoms with Crippen LogP contribution in [0.2, 0.25) is 19.6 Å². The molecule has 304 valence electrons. The van der Waals surface area contributed by atoms with E-state index >= 15 is 0 Å². The predicted octanol–water partition coefficient (Wildman–Crippen LogP) is 6.50. The largest absolute Gasteiger partial charge is 0.497 e. The monoisotopic (exact) mass is 792 g/mol. The zero-order valence-electron chi connectivity index (χ0n) is 33.0. The van der Waals surface area contributed by atoms with Crippen molar-refractivity contribution in [1.82, 2.24) is 0 Å². The van der Waals surface area contributed by atoms with Gasteiger partial charge in [0.05, 0.1) is 52.3 Å². The molecule has 0 saturated carbocycles. The van der Waals surface area contributed by atoms with Crippen LogP contribution in [0.4, 0.5) is 0 Å². The molecular formula is C43H56O12Si. The Morgan fingerprint density at radius 1 is 0.732 bits per heavy atom. The maximum atomic E-state index is 13.6. The molecule has 2 saturated heterocycles. The third kappa shape index (κ3) is 12.4. The van der Waals surface area contributed by atoms with Gasteiger partial charge in [0.2, 0.25) is 6.29 Å². The summed E-state index contributed by atoms with van der Waals surface area (Å²) in [7, 11) is 0.878. The van der Waals surface area contributed by atoms with Gasteiger partial charge in [-0.25, -0.2) is 4.79 Å². The highest BCUT2D eigenvalue weighted by Crippen LogP contribution is 2.35. The molecule has 5 rings (SSSR count). The molecule has 0 aliphatic carbocycles. The van der Waals surface area contributed by atoms with Crippen molar-refractivity contribution < 1.29 is 56.6 Å². The van der Waals surface area contributed by atoms with Gasteiger partial charge < -0.3 is 51.8 Å². The second-order valence-corrected chi connectivity index (χ2v) is 18.9. The topological polar surface area (TPSA) is 119 Å². The Labute approximate surface area is 331 Å². The Bertz CT molecular complexity index is 1620. The minimum Gasteiger partial charge on any atom is -0.497 e. The lowest BCUT2D eigenvalue weighted by Crippen LogP contribution is -2.65. The molecule has 0 radical (unpaired) electrons. The van der Waals surface area contributed by atoms with E-state index in [2.05, 4.69) is 32.8 Å². The van der Waals surface area contributed by atoms with Gasteiger partial charge in [-0.2, -0.15) is 0 Å². The fourth-order valence-corrected chi connectivity index (χ4v) is 7.55. The Morgan fingerprint density at radius 2 is 1.36 bits per heavy atom. The number of esters is 1. The second-order valence-electron chi connectivity index (χ2n) is 14.4. The first-order valence-corrected chi connectivity index (χ1v) is 22.2. The van der Waals surface area contributed by atoms with Crippen LogP contribution in [0.1, 0.15) is 21.5 Å². The fourth-order valence-electron chi connectivity index (χ4n) is 6.49. The summed E-state index contributed by atoms with van der Waals surface area (Å²) < 4.78 is 69.8. The van der Waals surface area contributed by atoms with Crippen LogP contribution in [0, 0.1) is 0 Å². The van der Waals surface area contributed by atoms with Gasteiger partial charge in [-0.05, 0) is 55.0 Å². The summed E-state index contributed by atoms with van der Waals surface area (Å²) in [5.74, 6) is 0.158. The van der Waals surface area contributed by atoms with E-state index in [9.17, 15) is 4.79 Å². The number of ether oxygens (including phenoxy) is 10. The van der Waals surface area contributed by atoms with Crippen molar-refractivity contribution in [2.45, 2.75) is 88.2 Å². The average Bonchev–Trinajstić information content (AvgIpc) is 3.20. The molecule has 0 aromatic heterocycles. The summed E-state index contributed by atoms with van der Waals surface area (Å²) in [5.41, 5.74) is 2.25. The van der Waals surface area contributed by atoms with E-state index in [1.807, 2.05) is 60.7 Å². The predicted molar refractivity (Wildman–Crippen MR) is 212 cm³/mol. The third-order valence-electron chi connectivity index (χ3n) is 9.04. The summed E-state index contributed by atoms with van der Waals surface area (Å²) in [4.78, 5) is 13.6. The highest BCUT2D eigenvalue weighted by molar-refractivity contribution is 6.69. The first-order valence-electron chi connectivity index (χ1n) is 18.8. The van der Waals surface area contributed by atoms with Crippen LogP contribution in [-0.4, -0.2) is 110 Å². The van der Waals surface area contributed by atoms with E-state index in [1.54, 1.807) is 50.6 Å². The number of benzene rings is 3. The summed E-state index contributed by atoms with van der Waals surface area (Å²) in [6.45, 7) is 15.0. The normalized spacial score (nSPS) is 26.6. The number of carbonyl (C=O) groups excluding carboxylic acids is 1. The van der Waals surface area contributed by atoms with Crippen LogP contribution in [0.3, 0.4) is 0 Å². The van der Waals surface area contributed by atoms with E-state index < -0.39 is 69.6 Å². The molecular weight excluding hydrogens is 737 g/mol. The van der Waals surface area contributed by atoms with Crippen LogP contribution < -0.4 is 4.74 Å². The number of methoxy groups -OCH3 is 2. The molecule has 3 aromatic carbocycles. The summed E-state index contributed by atoms with van der Waals surface area (Å²) in [6.07, 6.45) is -4.38. The number of hydrogen-bond donors (Lipinski definition) is 0. The van der Waals surface area contributed by atoms with E-state index in [-0.39, 0.29) is 39.6 Å². The van der Waals surface area contributed by atoms with Crippen molar-refractivity contribution in [3.05, 3.63) is 127 Å². The van der Waals surface area contributed by atoms with Crippen LogP contribution >= 0.6 is 0 Å². The van der Waals surface area contributed by atoms with Gasteiger partial charge in [0.25, 0.3) is 0 Å². The van der Waals surface area contributed by atoms with Crippen molar-refractivity contribution in [1.29, 1.82) is 0 Å². The molecule has 56 heavy (non-hydrogen) atoms. The van der Waals surface area contributed by atoms with E-state index in [0.29, 0.717) is 5.56 Å². The molecule has 0 unspecified atom stereocenters. The Morgan fingerprint density at radius 3 is 1.98 bits per heavy atom. The smallest absolute Gasteiger partial charge is 0.338 e. The molecule has 2 aliphatic rings.